The minimum Gasteiger partial charge on any atom is -0.353 e. The number of halogens is 1. The number of anilines is 1. The maximum absolute atomic E-state index is 12.4. The molecule has 3 rings (SSSR count). The summed E-state index contributed by atoms with van der Waals surface area (Å²) in [7, 11) is 0. The maximum Gasteiger partial charge on any atom is 0.227 e. The highest BCUT2D eigenvalue weighted by molar-refractivity contribution is 6.30. The Labute approximate surface area is 135 Å². The predicted molar refractivity (Wildman–Crippen MR) is 86.9 cm³/mol. The van der Waals surface area contributed by atoms with Crippen molar-refractivity contribution in [3.8, 4) is 0 Å². The second-order valence-electron chi connectivity index (χ2n) is 6.23. The first-order valence-electron chi connectivity index (χ1n) is 8.00. The van der Waals surface area contributed by atoms with Crippen LogP contribution >= 0.6 is 11.6 Å². The number of benzene rings is 1. The maximum atomic E-state index is 12.4. The Morgan fingerprint density at radius 2 is 2.00 bits per heavy atom. The molecule has 1 aliphatic carbocycles. The molecule has 2 fully saturated rings. The van der Waals surface area contributed by atoms with Gasteiger partial charge >= 0.3 is 0 Å². The molecule has 1 aromatic carbocycles. The van der Waals surface area contributed by atoms with Crippen LogP contribution in [0.4, 0.5) is 5.69 Å². The van der Waals surface area contributed by atoms with Gasteiger partial charge in [-0.15, -0.1) is 0 Å². The Bertz CT molecular complexity index is 570. The summed E-state index contributed by atoms with van der Waals surface area (Å²) in [6, 6.07) is 7.50. The average molecular weight is 321 g/mol. The normalized spacial score (nSPS) is 22.9. The van der Waals surface area contributed by atoms with E-state index in [4.69, 9.17) is 11.6 Å². The fraction of sp³-hybridized carbons (Fsp3) is 0.529. The molecule has 2 amide bonds. The van der Waals surface area contributed by atoms with E-state index in [-0.39, 0.29) is 30.2 Å². The van der Waals surface area contributed by atoms with Gasteiger partial charge in [-0.05, 0) is 31.0 Å². The molecule has 1 heterocycles. The molecule has 1 aliphatic heterocycles. The largest absolute Gasteiger partial charge is 0.353 e. The van der Waals surface area contributed by atoms with E-state index in [1.807, 2.05) is 12.1 Å². The van der Waals surface area contributed by atoms with E-state index in [1.165, 1.54) is 19.3 Å². The molecular formula is C17H21ClN2O2. The van der Waals surface area contributed by atoms with Gasteiger partial charge in [0.05, 0.1) is 5.92 Å². The first-order valence-corrected chi connectivity index (χ1v) is 8.37. The molecule has 1 unspecified atom stereocenters. The summed E-state index contributed by atoms with van der Waals surface area (Å²) in [5, 5.41) is 3.72. The highest BCUT2D eigenvalue weighted by Crippen LogP contribution is 2.27. The molecule has 0 radical (unpaired) electrons. The average Bonchev–Trinajstić information content (AvgIpc) is 2.90. The van der Waals surface area contributed by atoms with E-state index in [2.05, 4.69) is 5.32 Å². The van der Waals surface area contributed by atoms with Crippen molar-refractivity contribution in [2.45, 2.75) is 44.6 Å². The van der Waals surface area contributed by atoms with E-state index in [0.717, 1.165) is 18.5 Å². The zero-order valence-electron chi connectivity index (χ0n) is 12.6. The Balaban J connectivity index is 1.62. The van der Waals surface area contributed by atoms with Gasteiger partial charge in [0, 0.05) is 29.7 Å². The molecule has 0 spiro atoms. The highest BCUT2D eigenvalue weighted by Gasteiger charge is 2.35. The smallest absolute Gasteiger partial charge is 0.227 e. The summed E-state index contributed by atoms with van der Waals surface area (Å²) >= 11 is 5.98. The summed E-state index contributed by atoms with van der Waals surface area (Å²) in [5.41, 5.74) is 0.769. The molecule has 118 valence electrons. The standard InChI is InChI=1S/C17H21ClN2O2/c18-13-5-4-8-15(10-13)20-11-12(9-16(20)21)17(22)19-14-6-2-1-3-7-14/h4-5,8,10,12,14H,1-3,6-7,9,11H2,(H,19,22). The highest BCUT2D eigenvalue weighted by atomic mass is 35.5. The summed E-state index contributed by atoms with van der Waals surface area (Å²) in [5.74, 6) is -0.246. The molecule has 22 heavy (non-hydrogen) atoms. The van der Waals surface area contributed by atoms with Crippen LogP contribution in [0.2, 0.25) is 5.02 Å². The van der Waals surface area contributed by atoms with Gasteiger partial charge in [-0.2, -0.15) is 0 Å². The van der Waals surface area contributed by atoms with Crippen LogP contribution in [-0.4, -0.2) is 24.4 Å². The monoisotopic (exact) mass is 320 g/mol. The van der Waals surface area contributed by atoms with Gasteiger partial charge in [0.1, 0.15) is 0 Å². The third-order valence-electron chi connectivity index (χ3n) is 4.57. The van der Waals surface area contributed by atoms with Crippen molar-refractivity contribution in [1.82, 2.24) is 5.32 Å². The van der Waals surface area contributed by atoms with Gasteiger partial charge in [-0.1, -0.05) is 36.9 Å². The molecule has 5 heteroatoms. The lowest BCUT2D eigenvalue weighted by Crippen LogP contribution is -2.40. The van der Waals surface area contributed by atoms with E-state index in [9.17, 15) is 9.59 Å². The minimum absolute atomic E-state index is 0.00828. The van der Waals surface area contributed by atoms with Gasteiger partial charge in [0.25, 0.3) is 0 Å². The van der Waals surface area contributed by atoms with E-state index in [1.54, 1.807) is 17.0 Å². The van der Waals surface area contributed by atoms with E-state index in [0.29, 0.717) is 11.6 Å². The van der Waals surface area contributed by atoms with Crippen LogP contribution in [0.25, 0.3) is 0 Å². The van der Waals surface area contributed by atoms with Crippen LogP contribution in [-0.2, 0) is 9.59 Å². The Morgan fingerprint density at radius 1 is 1.23 bits per heavy atom. The lowest BCUT2D eigenvalue weighted by molar-refractivity contribution is -0.127. The third kappa shape index (κ3) is 3.43. The van der Waals surface area contributed by atoms with Crippen LogP contribution in [0.3, 0.4) is 0 Å². The first kappa shape index (κ1) is 15.3. The Morgan fingerprint density at radius 3 is 2.73 bits per heavy atom. The van der Waals surface area contributed by atoms with Crippen molar-refractivity contribution in [1.29, 1.82) is 0 Å². The number of carbonyl (C=O) groups excluding carboxylic acids is 2. The zero-order valence-corrected chi connectivity index (χ0v) is 13.3. The fourth-order valence-electron chi connectivity index (χ4n) is 3.34. The van der Waals surface area contributed by atoms with Gasteiger partial charge in [-0.3, -0.25) is 9.59 Å². The van der Waals surface area contributed by atoms with Crippen LogP contribution in [0.5, 0.6) is 0 Å². The Hall–Kier alpha value is -1.55. The molecule has 1 atom stereocenters. The lowest BCUT2D eigenvalue weighted by atomic mass is 9.95. The summed E-state index contributed by atoms with van der Waals surface area (Å²) in [6.45, 7) is 0.442. The second kappa shape index (κ2) is 6.69. The van der Waals surface area contributed by atoms with E-state index >= 15 is 0 Å². The summed E-state index contributed by atoms with van der Waals surface area (Å²) < 4.78 is 0. The van der Waals surface area contributed by atoms with Crippen molar-refractivity contribution in [2.75, 3.05) is 11.4 Å². The van der Waals surface area contributed by atoms with Crippen molar-refractivity contribution in [3.05, 3.63) is 29.3 Å². The molecule has 1 aromatic rings. The van der Waals surface area contributed by atoms with Crippen molar-refractivity contribution in [2.24, 2.45) is 5.92 Å². The topological polar surface area (TPSA) is 49.4 Å². The van der Waals surface area contributed by atoms with Gasteiger partial charge in [0.15, 0.2) is 0 Å². The number of hydrogen-bond donors (Lipinski definition) is 1. The number of amides is 2. The molecule has 4 nitrogen and oxygen atoms in total. The predicted octanol–water partition coefficient (Wildman–Crippen LogP) is 3.14. The van der Waals surface area contributed by atoms with Crippen LogP contribution < -0.4 is 10.2 Å². The summed E-state index contributed by atoms with van der Waals surface area (Å²) in [6.07, 6.45) is 6.03. The van der Waals surface area contributed by atoms with Crippen LogP contribution in [0.15, 0.2) is 24.3 Å². The minimum atomic E-state index is -0.256. The van der Waals surface area contributed by atoms with Crippen molar-refractivity contribution < 1.29 is 9.59 Å². The van der Waals surface area contributed by atoms with Gasteiger partial charge in [0.2, 0.25) is 11.8 Å². The number of nitrogens with zero attached hydrogens (tertiary/aromatic N) is 1. The summed E-state index contributed by atoms with van der Waals surface area (Å²) in [4.78, 5) is 26.2. The third-order valence-corrected chi connectivity index (χ3v) is 4.80. The van der Waals surface area contributed by atoms with Crippen molar-refractivity contribution >= 4 is 29.1 Å². The quantitative estimate of drug-likeness (QED) is 0.930. The SMILES string of the molecule is O=C(NC1CCCCC1)C1CC(=O)N(c2cccc(Cl)c2)C1. The number of nitrogens with one attached hydrogen (secondary N) is 1. The number of rotatable bonds is 3. The molecule has 1 saturated carbocycles. The number of carbonyl (C=O) groups is 2. The molecule has 2 aliphatic rings. The molecule has 0 aromatic heterocycles. The molecular weight excluding hydrogens is 300 g/mol. The zero-order chi connectivity index (χ0) is 15.5. The molecule has 1 saturated heterocycles. The lowest BCUT2D eigenvalue weighted by Gasteiger charge is -2.24. The van der Waals surface area contributed by atoms with Crippen molar-refractivity contribution in [3.63, 3.8) is 0 Å². The fourth-order valence-corrected chi connectivity index (χ4v) is 3.53. The molecule has 1 N–H and O–H groups in total. The Kier molecular flexibility index (Phi) is 4.67. The van der Waals surface area contributed by atoms with E-state index < -0.39 is 0 Å². The second-order valence-corrected chi connectivity index (χ2v) is 6.67. The number of hydrogen-bond acceptors (Lipinski definition) is 2. The van der Waals surface area contributed by atoms with Crippen LogP contribution in [0.1, 0.15) is 38.5 Å². The molecule has 0 bridgehead atoms. The van der Waals surface area contributed by atoms with Crippen LogP contribution in [0, 0.1) is 5.92 Å². The van der Waals surface area contributed by atoms with Gasteiger partial charge in [-0.25, -0.2) is 0 Å². The van der Waals surface area contributed by atoms with Gasteiger partial charge < -0.3 is 10.2 Å². The first-order chi connectivity index (χ1) is 10.6.